The molecule has 0 amide bonds. The van der Waals surface area contributed by atoms with E-state index >= 15 is 0 Å². The maximum Gasteiger partial charge on any atom is 0.460 e. The Morgan fingerprint density at radius 2 is 1.12 bits per heavy atom. The van der Waals surface area contributed by atoms with Crippen LogP contribution in [0, 0.1) is 0 Å². The molecule has 0 aliphatic carbocycles. The second-order valence-corrected chi connectivity index (χ2v) is 2.78. The van der Waals surface area contributed by atoms with Crippen LogP contribution >= 0.6 is 0 Å². The third kappa shape index (κ3) is 2.20. The Morgan fingerprint density at radius 3 is 1.38 bits per heavy atom. The third-order valence-corrected chi connectivity index (χ3v) is 1.54. The summed E-state index contributed by atoms with van der Waals surface area (Å²) in [6, 6.07) is 0. The molecule has 0 saturated heterocycles. The van der Waals surface area contributed by atoms with E-state index in [-0.39, 0.29) is 0 Å². The summed E-state index contributed by atoms with van der Waals surface area (Å²) in [7, 11) is 0.454. The Kier molecular flexibility index (Phi) is 3.80. The topological polar surface area (TPSA) is 9.23 Å². The van der Waals surface area contributed by atoms with Crippen LogP contribution in [0.5, 0.6) is 0 Å². The van der Waals surface area contributed by atoms with Gasteiger partial charge in [-0.25, -0.2) is 0 Å². The van der Waals surface area contributed by atoms with Gasteiger partial charge in [-0.05, 0) is 0 Å². The number of ether oxygens (including phenoxy) is 1. The minimum absolute atomic E-state index is 0.454. The zero-order valence-electron chi connectivity index (χ0n) is 7.52. The molecule has 0 heterocycles. The molecular formula is C6H5F9O. The second kappa shape index (κ2) is 3.97. The molecule has 0 fully saturated rings. The molecule has 0 aromatic carbocycles. The van der Waals surface area contributed by atoms with E-state index in [2.05, 4.69) is 4.74 Å². The van der Waals surface area contributed by atoms with Gasteiger partial charge < -0.3 is 4.74 Å². The maximum atomic E-state index is 12.4. The predicted octanol–water partition coefficient (Wildman–Crippen LogP) is 3.10. The molecule has 1 nitrogen and oxygen atoms in total. The summed E-state index contributed by atoms with van der Waals surface area (Å²) >= 11 is 0. The normalized spacial score (nSPS) is 15.4. The number of rotatable bonds is 4. The molecule has 0 radical (unpaired) electrons. The highest BCUT2D eigenvalue weighted by atomic mass is 19.4. The van der Waals surface area contributed by atoms with Crippen molar-refractivity contribution >= 4 is 0 Å². The summed E-state index contributed by atoms with van der Waals surface area (Å²) in [6.45, 7) is -2.26. The van der Waals surface area contributed by atoms with Crippen molar-refractivity contribution in [1.29, 1.82) is 0 Å². The quantitative estimate of drug-likeness (QED) is 0.709. The summed E-state index contributed by atoms with van der Waals surface area (Å²) in [6.07, 6.45) is -6.78. The lowest BCUT2D eigenvalue weighted by molar-refractivity contribution is -0.399. The largest absolute Gasteiger partial charge is 0.460 e. The fourth-order valence-electron chi connectivity index (χ4n) is 0.680. The number of hydrogen-bond donors (Lipinski definition) is 0. The lowest BCUT2D eigenvalue weighted by Gasteiger charge is -2.33. The van der Waals surface area contributed by atoms with Gasteiger partial charge in [0.1, 0.15) is 6.61 Å². The van der Waals surface area contributed by atoms with Crippen molar-refractivity contribution in [3.8, 4) is 0 Å². The molecule has 0 rings (SSSR count). The fraction of sp³-hybridized carbons (Fsp3) is 1.00. The number of halogens is 9. The molecule has 98 valence electrons. The van der Waals surface area contributed by atoms with Gasteiger partial charge in [0.2, 0.25) is 0 Å². The fourth-order valence-corrected chi connectivity index (χ4v) is 0.680. The Bertz CT molecular complexity index is 243. The Hall–Kier alpha value is -0.670. The van der Waals surface area contributed by atoms with Crippen LogP contribution in [0.3, 0.4) is 0 Å². The first-order valence-corrected chi connectivity index (χ1v) is 3.50. The molecular weight excluding hydrogens is 259 g/mol. The predicted molar refractivity (Wildman–Crippen MR) is 32.8 cm³/mol. The second-order valence-electron chi connectivity index (χ2n) is 2.78. The van der Waals surface area contributed by atoms with Gasteiger partial charge in [0.05, 0.1) is 0 Å². The van der Waals surface area contributed by atoms with Gasteiger partial charge in [-0.3, -0.25) is 0 Å². The van der Waals surface area contributed by atoms with Gasteiger partial charge in [0, 0.05) is 7.11 Å². The molecule has 0 aromatic heterocycles. The van der Waals surface area contributed by atoms with E-state index in [0.717, 1.165) is 0 Å². The summed E-state index contributed by atoms with van der Waals surface area (Å²) in [4.78, 5) is 0. The third-order valence-electron chi connectivity index (χ3n) is 1.54. The maximum absolute atomic E-state index is 12.4. The molecule has 0 spiro atoms. The molecule has 0 N–H and O–H groups in total. The van der Waals surface area contributed by atoms with Crippen molar-refractivity contribution in [3.63, 3.8) is 0 Å². The van der Waals surface area contributed by atoms with Crippen molar-refractivity contribution in [2.75, 3.05) is 13.7 Å². The molecule has 0 unspecified atom stereocenters. The molecule has 10 heteroatoms. The Morgan fingerprint density at radius 1 is 0.750 bits per heavy atom. The summed E-state index contributed by atoms with van der Waals surface area (Å²) in [5, 5.41) is 0. The monoisotopic (exact) mass is 264 g/mol. The summed E-state index contributed by atoms with van der Waals surface area (Å²) < 4.78 is 112. The van der Waals surface area contributed by atoms with Crippen LogP contribution in [0.15, 0.2) is 0 Å². The number of alkyl halides is 9. The smallest absolute Gasteiger partial charge is 0.378 e. The highest BCUT2D eigenvalue weighted by Crippen LogP contribution is 2.52. The number of methoxy groups -OCH3 is 1. The average molecular weight is 264 g/mol. The van der Waals surface area contributed by atoms with E-state index < -0.39 is 30.6 Å². The van der Waals surface area contributed by atoms with E-state index in [9.17, 15) is 39.5 Å². The Labute approximate surface area is 83.2 Å². The molecule has 0 aromatic rings. The van der Waals surface area contributed by atoms with Crippen LogP contribution in [0.2, 0.25) is 0 Å². The average Bonchev–Trinajstić information content (AvgIpc) is 2.01. The first kappa shape index (κ1) is 15.3. The molecule has 0 aliphatic rings. The summed E-state index contributed by atoms with van der Waals surface area (Å²) in [5.74, 6) is -19.1. The molecule has 0 saturated carbocycles. The van der Waals surface area contributed by atoms with Crippen LogP contribution in [0.1, 0.15) is 0 Å². The lowest BCUT2D eigenvalue weighted by atomic mass is 10.0. The van der Waals surface area contributed by atoms with Gasteiger partial charge in [-0.2, -0.15) is 39.5 Å². The van der Waals surface area contributed by atoms with Gasteiger partial charge in [0.15, 0.2) is 0 Å². The highest BCUT2D eigenvalue weighted by Gasteiger charge is 2.81. The van der Waals surface area contributed by atoms with Crippen LogP contribution in [0.25, 0.3) is 0 Å². The highest BCUT2D eigenvalue weighted by molar-refractivity contribution is 5.00. The van der Waals surface area contributed by atoms with Crippen LogP contribution < -0.4 is 0 Å². The first-order valence-electron chi connectivity index (χ1n) is 3.50. The van der Waals surface area contributed by atoms with Crippen molar-refractivity contribution < 1.29 is 44.3 Å². The molecule has 0 atom stereocenters. The SMILES string of the molecule is COCC(F)(F)C(F)(F)C(F)(F)C(F)(F)F. The van der Waals surface area contributed by atoms with Crippen molar-refractivity contribution in [2.24, 2.45) is 0 Å². The van der Waals surface area contributed by atoms with Crippen LogP contribution in [0.4, 0.5) is 39.5 Å². The van der Waals surface area contributed by atoms with E-state index in [4.69, 9.17) is 0 Å². The van der Waals surface area contributed by atoms with Crippen LogP contribution in [-0.2, 0) is 4.74 Å². The van der Waals surface area contributed by atoms with E-state index in [0.29, 0.717) is 7.11 Å². The molecule has 0 bridgehead atoms. The molecule has 0 aliphatic heterocycles. The van der Waals surface area contributed by atoms with E-state index in [1.807, 2.05) is 0 Å². The van der Waals surface area contributed by atoms with Gasteiger partial charge in [0.25, 0.3) is 0 Å². The zero-order valence-corrected chi connectivity index (χ0v) is 7.52. The van der Waals surface area contributed by atoms with E-state index in [1.165, 1.54) is 0 Å². The number of hydrogen-bond acceptors (Lipinski definition) is 1. The molecule has 16 heavy (non-hydrogen) atoms. The van der Waals surface area contributed by atoms with E-state index in [1.54, 1.807) is 0 Å². The standard InChI is InChI=1S/C6H5F9O/c1-16-2-3(7,8)4(9,10)5(11,12)6(13,14)15/h2H2,1H3. The summed E-state index contributed by atoms with van der Waals surface area (Å²) in [5.41, 5.74) is 0. The van der Waals surface area contributed by atoms with Gasteiger partial charge in [-0.15, -0.1) is 0 Å². The van der Waals surface area contributed by atoms with Crippen molar-refractivity contribution in [3.05, 3.63) is 0 Å². The van der Waals surface area contributed by atoms with Crippen molar-refractivity contribution in [1.82, 2.24) is 0 Å². The lowest BCUT2D eigenvalue weighted by Crippen LogP contribution is -2.62. The first-order chi connectivity index (χ1) is 6.81. The van der Waals surface area contributed by atoms with Crippen LogP contribution in [-0.4, -0.2) is 37.7 Å². The zero-order chi connectivity index (χ0) is 13.4. The van der Waals surface area contributed by atoms with Gasteiger partial charge in [-0.1, -0.05) is 0 Å². The Balaban J connectivity index is 5.34. The van der Waals surface area contributed by atoms with Crippen molar-refractivity contribution in [2.45, 2.75) is 23.9 Å². The minimum Gasteiger partial charge on any atom is -0.378 e. The van der Waals surface area contributed by atoms with Gasteiger partial charge >= 0.3 is 23.9 Å². The minimum atomic E-state index is -6.85.